The molecule has 2 aromatic carbocycles. The van der Waals surface area contributed by atoms with Crippen LogP contribution in [0.1, 0.15) is 37.4 Å². The topological polar surface area (TPSA) is 102 Å². The molecule has 1 aliphatic carbocycles. The van der Waals surface area contributed by atoms with E-state index >= 15 is 0 Å². The number of rotatable bonds is 3. The molecule has 2 aromatic rings. The van der Waals surface area contributed by atoms with Crippen LogP contribution in [0.25, 0.3) is 0 Å². The highest BCUT2D eigenvalue weighted by molar-refractivity contribution is 6.31. The van der Waals surface area contributed by atoms with E-state index in [1.165, 1.54) is 33.5 Å². The second kappa shape index (κ2) is 5.70. The lowest BCUT2D eigenvalue weighted by molar-refractivity contribution is 0.0972. The van der Waals surface area contributed by atoms with Crippen LogP contribution in [0, 0.1) is 6.92 Å². The Kier molecular flexibility index (Phi) is 3.79. The van der Waals surface area contributed by atoms with Gasteiger partial charge in [-0.25, -0.2) is 0 Å². The molecule has 3 rings (SSSR count). The zero-order chi connectivity index (χ0) is 18.5. The van der Waals surface area contributed by atoms with Crippen LogP contribution in [0.15, 0.2) is 12.1 Å². The number of hydrogen-bond acceptors (Lipinski definition) is 7. The van der Waals surface area contributed by atoms with Gasteiger partial charge in [-0.05, 0) is 24.6 Å². The highest BCUT2D eigenvalue weighted by Gasteiger charge is 2.38. The summed E-state index contributed by atoms with van der Waals surface area (Å²) in [6, 6.07) is 2.77. The SMILES string of the molecule is COc1cc(C)c2c(c1O)C(=O)c1cc(OC)c(OC)c(O)c1C2=O. The fraction of sp³-hybridized carbons (Fsp3) is 0.222. The second-order valence-electron chi connectivity index (χ2n) is 5.54. The third-order valence-corrected chi connectivity index (χ3v) is 4.25. The summed E-state index contributed by atoms with van der Waals surface area (Å²) in [6.07, 6.45) is 0. The molecular formula is C18H16O7. The van der Waals surface area contributed by atoms with Crippen LogP contribution in [0.2, 0.25) is 0 Å². The minimum absolute atomic E-state index is 0.0262. The van der Waals surface area contributed by atoms with Crippen molar-refractivity contribution in [2.45, 2.75) is 6.92 Å². The third-order valence-electron chi connectivity index (χ3n) is 4.25. The monoisotopic (exact) mass is 344 g/mol. The molecule has 0 radical (unpaired) electrons. The summed E-state index contributed by atoms with van der Waals surface area (Å²) in [5.41, 5.74) is 0.0699. The van der Waals surface area contributed by atoms with Crippen molar-refractivity contribution < 1.29 is 34.0 Å². The van der Waals surface area contributed by atoms with Crippen molar-refractivity contribution in [2.75, 3.05) is 21.3 Å². The van der Waals surface area contributed by atoms with Gasteiger partial charge in [0.15, 0.2) is 34.6 Å². The van der Waals surface area contributed by atoms with E-state index in [9.17, 15) is 19.8 Å². The Labute approximate surface area is 143 Å². The van der Waals surface area contributed by atoms with Crippen LogP contribution >= 0.6 is 0 Å². The lowest BCUT2D eigenvalue weighted by Gasteiger charge is -2.23. The smallest absolute Gasteiger partial charge is 0.203 e. The number of methoxy groups -OCH3 is 3. The van der Waals surface area contributed by atoms with Gasteiger partial charge in [-0.2, -0.15) is 0 Å². The Morgan fingerprint density at radius 3 is 1.96 bits per heavy atom. The van der Waals surface area contributed by atoms with Crippen molar-refractivity contribution in [1.82, 2.24) is 0 Å². The quantitative estimate of drug-likeness (QED) is 0.751. The van der Waals surface area contributed by atoms with Crippen molar-refractivity contribution in [3.8, 4) is 28.7 Å². The number of carbonyl (C=O) groups is 2. The molecule has 0 saturated carbocycles. The minimum Gasteiger partial charge on any atom is -0.504 e. The Hall–Kier alpha value is -3.22. The first kappa shape index (κ1) is 16.6. The van der Waals surface area contributed by atoms with Crippen molar-refractivity contribution in [3.05, 3.63) is 39.9 Å². The highest BCUT2D eigenvalue weighted by Crippen LogP contribution is 2.47. The molecule has 0 heterocycles. The van der Waals surface area contributed by atoms with Gasteiger partial charge in [0.1, 0.15) is 0 Å². The number of fused-ring (bicyclic) bond motifs is 2. The van der Waals surface area contributed by atoms with E-state index in [0.717, 1.165) is 0 Å². The van der Waals surface area contributed by atoms with Gasteiger partial charge in [-0.1, -0.05) is 0 Å². The summed E-state index contributed by atoms with van der Waals surface area (Å²) in [6.45, 7) is 1.62. The largest absolute Gasteiger partial charge is 0.504 e. The molecule has 0 aliphatic heterocycles. The summed E-state index contributed by atoms with van der Waals surface area (Å²) >= 11 is 0. The number of phenolic OH excluding ortho intramolecular Hbond substituents is 2. The molecule has 0 saturated heterocycles. The summed E-state index contributed by atoms with van der Waals surface area (Å²) in [7, 11) is 4.01. The van der Waals surface area contributed by atoms with Gasteiger partial charge in [0, 0.05) is 11.1 Å². The van der Waals surface area contributed by atoms with E-state index in [1.807, 2.05) is 0 Å². The lowest BCUT2D eigenvalue weighted by Crippen LogP contribution is -2.23. The summed E-state index contributed by atoms with van der Waals surface area (Å²) in [4.78, 5) is 25.9. The van der Waals surface area contributed by atoms with Gasteiger partial charge >= 0.3 is 0 Å². The van der Waals surface area contributed by atoms with Crippen LogP contribution in [-0.2, 0) is 0 Å². The fourth-order valence-electron chi connectivity index (χ4n) is 3.09. The lowest BCUT2D eigenvalue weighted by atomic mass is 9.80. The molecule has 130 valence electrons. The number of ether oxygens (including phenoxy) is 3. The molecule has 7 nitrogen and oxygen atoms in total. The van der Waals surface area contributed by atoms with Crippen molar-refractivity contribution >= 4 is 11.6 Å². The van der Waals surface area contributed by atoms with Crippen LogP contribution in [0.4, 0.5) is 0 Å². The summed E-state index contributed by atoms with van der Waals surface area (Å²) < 4.78 is 15.3. The average Bonchev–Trinajstić information content (AvgIpc) is 2.60. The number of ketones is 2. The average molecular weight is 344 g/mol. The molecule has 0 bridgehead atoms. The van der Waals surface area contributed by atoms with E-state index < -0.39 is 23.1 Å². The number of hydrogen-bond donors (Lipinski definition) is 2. The van der Waals surface area contributed by atoms with Gasteiger partial charge in [-0.3, -0.25) is 9.59 Å². The molecule has 0 aromatic heterocycles. The maximum atomic E-state index is 13.0. The van der Waals surface area contributed by atoms with Gasteiger partial charge in [-0.15, -0.1) is 0 Å². The van der Waals surface area contributed by atoms with Gasteiger partial charge in [0.05, 0.1) is 32.5 Å². The Morgan fingerprint density at radius 2 is 1.40 bits per heavy atom. The standard InChI is InChI=1S/C18H16O7/c1-7-5-9(23-2)15(20)13-11(7)16(21)12-8(14(13)19)6-10(24-3)18(25-4)17(12)22/h5-6,20,22H,1-4H3. The predicted molar refractivity (Wildman–Crippen MR) is 87.5 cm³/mol. The van der Waals surface area contributed by atoms with Crippen LogP contribution in [-0.4, -0.2) is 43.1 Å². The predicted octanol–water partition coefficient (Wildman–Crippen LogP) is 2.21. The summed E-state index contributed by atoms with van der Waals surface area (Å²) in [5.74, 6) is -1.94. The molecule has 1 aliphatic rings. The molecule has 0 atom stereocenters. The minimum atomic E-state index is -0.611. The van der Waals surface area contributed by atoms with Crippen molar-refractivity contribution in [3.63, 3.8) is 0 Å². The molecular weight excluding hydrogens is 328 g/mol. The van der Waals surface area contributed by atoms with Crippen LogP contribution < -0.4 is 14.2 Å². The molecule has 2 N–H and O–H groups in total. The molecule has 7 heteroatoms. The Morgan fingerprint density at radius 1 is 0.760 bits per heavy atom. The molecule has 0 amide bonds. The van der Waals surface area contributed by atoms with Gasteiger partial charge in [0.2, 0.25) is 5.75 Å². The van der Waals surface area contributed by atoms with Crippen LogP contribution in [0.5, 0.6) is 28.7 Å². The molecule has 0 unspecified atom stereocenters. The normalized spacial score (nSPS) is 12.5. The van der Waals surface area contributed by atoms with Crippen molar-refractivity contribution in [2.24, 2.45) is 0 Å². The maximum Gasteiger partial charge on any atom is 0.203 e. The second-order valence-corrected chi connectivity index (χ2v) is 5.54. The van der Waals surface area contributed by atoms with Gasteiger partial charge < -0.3 is 24.4 Å². The number of phenols is 2. The Balaban J connectivity index is 2.40. The van der Waals surface area contributed by atoms with E-state index in [4.69, 9.17) is 14.2 Å². The zero-order valence-corrected chi connectivity index (χ0v) is 14.1. The first-order valence-electron chi connectivity index (χ1n) is 7.35. The maximum absolute atomic E-state index is 13.0. The third kappa shape index (κ3) is 2.12. The first-order chi connectivity index (χ1) is 11.9. The number of aromatic hydroxyl groups is 2. The van der Waals surface area contributed by atoms with E-state index in [2.05, 4.69) is 0 Å². The Bertz CT molecular complexity index is 928. The molecule has 25 heavy (non-hydrogen) atoms. The van der Waals surface area contributed by atoms with E-state index in [-0.39, 0.29) is 39.5 Å². The molecule has 0 spiro atoms. The highest BCUT2D eigenvalue weighted by atomic mass is 16.5. The first-order valence-corrected chi connectivity index (χ1v) is 7.35. The van der Waals surface area contributed by atoms with E-state index in [0.29, 0.717) is 5.56 Å². The van der Waals surface area contributed by atoms with Gasteiger partial charge in [0.25, 0.3) is 0 Å². The number of benzene rings is 2. The van der Waals surface area contributed by atoms with Crippen LogP contribution in [0.3, 0.4) is 0 Å². The number of carbonyl (C=O) groups excluding carboxylic acids is 2. The zero-order valence-electron chi connectivity index (χ0n) is 14.1. The fourth-order valence-corrected chi connectivity index (χ4v) is 3.09. The summed E-state index contributed by atoms with van der Waals surface area (Å²) in [5, 5.41) is 20.8. The van der Waals surface area contributed by atoms with E-state index in [1.54, 1.807) is 6.92 Å². The van der Waals surface area contributed by atoms with Crippen molar-refractivity contribution in [1.29, 1.82) is 0 Å². The number of aryl methyl sites for hydroxylation is 1. The molecule has 0 fully saturated rings.